The van der Waals surface area contributed by atoms with Gasteiger partial charge in [0.1, 0.15) is 12.1 Å². The second-order valence-electron chi connectivity index (χ2n) is 3.55. The molecular weight excluding hydrogens is 238 g/mol. The number of carbonyl (C=O) groups excluding carboxylic acids is 1. The second-order valence-corrected chi connectivity index (χ2v) is 3.55. The van der Waals surface area contributed by atoms with Crippen molar-refractivity contribution in [2.24, 2.45) is 0 Å². The number of carboxylic acids is 1. The zero-order valence-corrected chi connectivity index (χ0v) is 9.17. The number of amides is 1. The molecule has 1 amide bonds. The number of rotatable bonds is 3. The van der Waals surface area contributed by atoms with E-state index < -0.39 is 18.4 Å². The Hall–Kier alpha value is -2.63. The number of hydrogen-bond acceptors (Lipinski definition) is 4. The second kappa shape index (κ2) is 4.70. The van der Waals surface area contributed by atoms with Gasteiger partial charge in [0.2, 0.25) is 0 Å². The number of aliphatic carboxylic acids is 1. The first kappa shape index (κ1) is 11.8. The lowest BCUT2D eigenvalue weighted by Crippen LogP contribution is -2.29. The monoisotopic (exact) mass is 247 g/mol. The molecule has 18 heavy (non-hydrogen) atoms. The van der Waals surface area contributed by atoms with E-state index in [2.05, 4.69) is 5.32 Å². The minimum Gasteiger partial charge on any atom is -0.480 e. The lowest BCUT2D eigenvalue weighted by Gasteiger charge is -2.02. The average Bonchev–Trinajstić information content (AvgIpc) is 2.36. The third-order valence-electron chi connectivity index (χ3n) is 2.26. The predicted molar refractivity (Wildman–Crippen MR) is 62.5 cm³/mol. The molecule has 0 saturated heterocycles. The number of benzene rings is 1. The van der Waals surface area contributed by atoms with Gasteiger partial charge in [-0.1, -0.05) is 12.1 Å². The van der Waals surface area contributed by atoms with Crippen LogP contribution >= 0.6 is 0 Å². The predicted octanol–water partition coefficient (Wildman–Crippen LogP) is 0.607. The quantitative estimate of drug-likeness (QED) is 0.828. The number of nitrogens with one attached hydrogen (secondary N) is 1. The van der Waals surface area contributed by atoms with Gasteiger partial charge in [-0.3, -0.25) is 14.4 Å². The van der Waals surface area contributed by atoms with E-state index in [-0.39, 0.29) is 16.8 Å². The van der Waals surface area contributed by atoms with E-state index >= 15 is 0 Å². The van der Waals surface area contributed by atoms with Crippen LogP contribution in [0.25, 0.3) is 11.0 Å². The summed E-state index contributed by atoms with van der Waals surface area (Å²) in [6, 6.07) is 7.54. The fourth-order valence-corrected chi connectivity index (χ4v) is 1.46. The van der Waals surface area contributed by atoms with E-state index in [1.807, 2.05) is 0 Å². The molecule has 6 heteroatoms. The Kier molecular flexibility index (Phi) is 3.09. The van der Waals surface area contributed by atoms with Crippen molar-refractivity contribution in [1.82, 2.24) is 5.32 Å². The highest BCUT2D eigenvalue weighted by molar-refractivity contribution is 5.94. The van der Waals surface area contributed by atoms with Gasteiger partial charge in [0.15, 0.2) is 11.2 Å². The molecule has 0 unspecified atom stereocenters. The number of carboxylic acid groups (broad SMARTS) is 1. The van der Waals surface area contributed by atoms with E-state index in [9.17, 15) is 14.4 Å². The molecule has 0 fully saturated rings. The normalized spacial score (nSPS) is 10.2. The van der Waals surface area contributed by atoms with Crippen LogP contribution in [0.2, 0.25) is 0 Å². The molecule has 92 valence electrons. The summed E-state index contributed by atoms with van der Waals surface area (Å²) in [7, 11) is 0. The van der Waals surface area contributed by atoms with Crippen molar-refractivity contribution < 1.29 is 19.1 Å². The first-order chi connectivity index (χ1) is 8.58. The Morgan fingerprint density at radius 3 is 2.72 bits per heavy atom. The van der Waals surface area contributed by atoms with Crippen LogP contribution in [-0.4, -0.2) is 23.5 Å². The Labute approximate surface area is 101 Å². The maximum absolute atomic E-state index is 11.7. The molecule has 0 aliphatic heterocycles. The number of hydrogen-bond donors (Lipinski definition) is 2. The van der Waals surface area contributed by atoms with Gasteiger partial charge >= 0.3 is 5.97 Å². The summed E-state index contributed by atoms with van der Waals surface area (Å²) in [4.78, 5) is 33.5. The number of carbonyl (C=O) groups is 2. The van der Waals surface area contributed by atoms with E-state index in [4.69, 9.17) is 9.52 Å². The van der Waals surface area contributed by atoms with Crippen LogP contribution in [0.5, 0.6) is 0 Å². The van der Waals surface area contributed by atoms with Gasteiger partial charge in [0, 0.05) is 6.07 Å². The smallest absolute Gasteiger partial charge is 0.322 e. The maximum Gasteiger partial charge on any atom is 0.322 e. The standard InChI is InChI=1S/C12H9NO5/c14-8-5-10(12(17)13-6-11(15)16)18-9-4-2-1-3-7(8)9/h1-5H,6H2,(H,13,17)(H,15,16). The fourth-order valence-electron chi connectivity index (χ4n) is 1.46. The van der Waals surface area contributed by atoms with Crippen LogP contribution < -0.4 is 10.7 Å². The topological polar surface area (TPSA) is 96.6 Å². The zero-order chi connectivity index (χ0) is 13.1. The van der Waals surface area contributed by atoms with E-state index in [0.29, 0.717) is 5.39 Å². The SMILES string of the molecule is O=C(O)CNC(=O)c1cc(=O)c2ccccc2o1. The van der Waals surface area contributed by atoms with Crippen molar-refractivity contribution >= 4 is 22.8 Å². The molecule has 2 aromatic rings. The summed E-state index contributed by atoms with van der Waals surface area (Å²) in [5.41, 5.74) is -0.0669. The van der Waals surface area contributed by atoms with Crippen molar-refractivity contribution in [3.8, 4) is 0 Å². The molecule has 1 aromatic carbocycles. The zero-order valence-electron chi connectivity index (χ0n) is 9.17. The minimum absolute atomic E-state index is 0.208. The summed E-state index contributed by atoms with van der Waals surface area (Å²) in [6.45, 7) is -0.532. The molecule has 0 aliphatic carbocycles. The number of para-hydroxylation sites is 1. The van der Waals surface area contributed by atoms with Crippen LogP contribution in [0.4, 0.5) is 0 Å². The van der Waals surface area contributed by atoms with Crippen LogP contribution in [0, 0.1) is 0 Å². The van der Waals surface area contributed by atoms with Crippen LogP contribution in [-0.2, 0) is 4.79 Å². The van der Waals surface area contributed by atoms with E-state index in [0.717, 1.165) is 6.07 Å². The molecule has 0 bridgehead atoms. The number of fused-ring (bicyclic) bond motifs is 1. The van der Waals surface area contributed by atoms with Gasteiger partial charge in [-0.2, -0.15) is 0 Å². The highest BCUT2D eigenvalue weighted by atomic mass is 16.4. The Bertz CT molecular complexity index is 673. The van der Waals surface area contributed by atoms with E-state index in [1.165, 1.54) is 0 Å². The summed E-state index contributed by atoms with van der Waals surface area (Å²) in [5.74, 6) is -2.12. The van der Waals surface area contributed by atoms with Crippen LogP contribution in [0.3, 0.4) is 0 Å². The van der Waals surface area contributed by atoms with Gasteiger partial charge in [-0.25, -0.2) is 0 Å². The van der Waals surface area contributed by atoms with E-state index in [1.54, 1.807) is 24.3 Å². The third kappa shape index (κ3) is 2.37. The molecule has 0 atom stereocenters. The lowest BCUT2D eigenvalue weighted by molar-refractivity contribution is -0.135. The van der Waals surface area contributed by atoms with Crippen molar-refractivity contribution in [1.29, 1.82) is 0 Å². The molecule has 0 spiro atoms. The Balaban J connectivity index is 2.37. The molecule has 1 aromatic heterocycles. The maximum atomic E-state index is 11.7. The highest BCUT2D eigenvalue weighted by Crippen LogP contribution is 2.11. The van der Waals surface area contributed by atoms with Crippen molar-refractivity contribution in [2.75, 3.05) is 6.54 Å². The molecule has 2 rings (SSSR count). The first-order valence-electron chi connectivity index (χ1n) is 5.11. The highest BCUT2D eigenvalue weighted by Gasteiger charge is 2.12. The van der Waals surface area contributed by atoms with Crippen molar-refractivity contribution in [3.05, 3.63) is 46.3 Å². The Morgan fingerprint density at radius 1 is 1.28 bits per heavy atom. The largest absolute Gasteiger partial charge is 0.480 e. The summed E-state index contributed by atoms with van der Waals surface area (Å²) >= 11 is 0. The molecular formula is C12H9NO5. The van der Waals surface area contributed by atoms with Gasteiger partial charge in [0.25, 0.3) is 5.91 Å². The van der Waals surface area contributed by atoms with Gasteiger partial charge in [-0.05, 0) is 12.1 Å². The molecule has 0 saturated carbocycles. The molecule has 2 N–H and O–H groups in total. The van der Waals surface area contributed by atoms with Gasteiger partial charge in [-0.15, -0.1) is 0 Å². The summed E-state index contributed by atoms with van der Waals surface area (Å²) in [5, 5.41) is 10.9. The molecule has 1 heterocycles. The molecule has 0 aliphatic rings. The Morgan fingerprint density at radius 2 is 2.00 bits per heavy atom. The van der Waals surface area contributed by atoms with Gasteiger partial charge < -0.3 is 14.8 Å². The molecule has 0 radical (unpaired) electrons. The van der Waals surface area contributed by atoms with Crippen LogP contribution in [0.15, 0.2) is 39.5 Å². The van der Waals surface area contributed by atoms with Crippen molar-refractivity contribution in [2.45, 2.75) is 0 Å². The minimum atomic E-state index is -1.17. The van der Waals surface area contributed by atoms with Crippen molar-refractivity contribution in [3.63, 3.8) is 0 Å². The van der Waals surface area contributed by atoms with Crippen LogP contribution in [0.1, 0.15) is 10.6 Å². The first-order valence-corrected chi connectivity index (χ1v) is 5.11. The summed E-state index contributed by atoms with van der Waals surface area (Å²) in [6.07, 6.45) is 0. The fraction of sp³-hybridized carbons (Fsp3) is 0.0833. The average molecular weight is 247 g/mol. The lowest BCUT2D eigenvalue weighted by atomic mass is 10.2. The van der Waals surface area contributed by atoms with Gasteiger partial charge in [0.05, 0.1) is 5.39 Å². The molecule has 6 nitrogen and oxygen atoms in total. The third-order valence-corrected chi connectivity index (χ3v) is 2.26. The summed E-state index contributed by atoms with van der Waals surface area (Å²) < 4.78 is 5.23.